The highest BCUT2D eigenvalue weighted by molar-refractivity contribution is 7.89. The molecule has 7 nitrogen and oxygen atoms in total. The second kappa shape index (κ2) is 12.8. The fourth-order valence-electron chi connectivity index (χ4n) is 7.06. The van der Waals surface area contributed by atoms with E-state index in [9.17, 15) is 8.42 Å². The summed E-state index contributed by atoms with van der Waals surface area (Å²) in [6.45, 7) is 0.979. The van der Waals surface area contributed by atoms with Gasteiger partial charge in [0, 0.05) is 53.1 Å². The number of sulfonamides is 1. The molecule has 0 aromatic heterocycles. The van der Waals surface area contributed by atoms with Crippen LogP contribution in [0.15, 0.2) is 77.7 Å². The normalized spacial score (nSPS) is 25.4. The molecule has 6 rings (SSSR count). The lowest BCUT2D eigenvalue weighted by Crippen LogP contribution is -2.53. The van der Waals surface area contributed by atoms with Crippen molar-refractivity contribution in [2.75, 3.05) is 20.2 Å². The van der Waals surface area contributed by atoms with Crippen LogP contribution in [-0.4, -0.2) is 51.2 Å². The van der Waals surface area contributed by atoms with Crippen LogP contribution in [0.4, 0.5) is 0 Å². The number of rotatable bonds is 8. The molecule has 3 aromatic rings. The van der Waals surface area contributed by atoms with Crippen LogP contribution in [-0.2, 0) is 10.0 Å². The van der Waals surface area contributed by atoms with Crippen LogP contribution >= 0.6 is 23.2 Å². The van der Waals surface area contributed by atoms with E-state index >= 15 is 0 Å². The van der Waals surface area contributed by atoms with Crippen LogP contribution in [0.5, 0.6) is 5.75 Å². The average Bonchev–Trinajstić information content (AvgIpc) is 3.41. The summed E-state index contributed by atoms with van der Waals surface area (Å²) >= 11 is 12.5. The van der Waals surface area contributed by atoms with E-state index in [1.807, 2.05) is 24.3 Å². The largest absolute Gasteiger partial charge is 0.497 e. The minimum atomic E-state index is -3.56. The first-order valence-corrected chi connectivity index (χ1v) is 16.9. The maximum atomic E-state index is 13.3. The molecule has 0 radical (unpaired) electrons. The van der Waals surface area contributed by atoms with Crippen molar-refractivity contribution in [3.05, 3.63) is 94.0 Å². The molecule has 1 aliphatic carbocycles. The number of fused-ring (bicyclic) bond motifs is 1. The lowest BCUT2D eigenvalue weighted by molar-refractivity contribution is 0.185. The lowest BCUT2D eigenvalue weighted by Gasteiger charge is -2.39. The van der Waals surface area contributed by atoms with Crippen molar-refractivity contribution in [1.29, 1.82) is 0 Å². The third-order valence-corrected chi connectivity index (χ3v) is 11.7. The molecular weight excluding hydrogens is 591 g/mol. The minimum Gasteiger partial charge on any atom is -0.497 e. The van der Waals surface area contributed by atoms with Crippen LogP contribution in [0, 0.1) is 11.8 Å². The summed E-state index contributed by atoms with van der Waals surface area (Å²) in [7, 11) is -2.01. The first-order chi connectivity index (χ1) is 20.3. The van der Waals surface area contributed by atoms with Crippen LogP contribution in [0.3, 0.4) is 0 Å². The number of nitrogens with zero attached hydrogens (tertiary/aromatic N) is 1. The number of halogens is 2. The highest BCUT2D eigenvalue weighted by Crippen LogP contribution is 2.44. The number of piperidine rings is 1. The zero-order valence-electron chi connectivity index (χ0n) is 23.7. The third-order valence-electron chi connectivity index (χ3n) is 9.27. The van der Waals surface area contributed by atoms with E-state index < -0.39 is 10.0 Å². The number of methoxy groups -OCH3 is 1. The molecule has 3 fully saturated rings. The second-order valence-electron chi connectivity index (χ2n) is 11.7. The van der Waals surface area contributed by atoms with Crippen molar-refractivity contribution < 1.29 is 13.2 Å². The van der Waals surface area contributed by atoms with Crippen LogP contribution in [0.25, 0.3) is 0 Å². The summed E-state index contributed by atoms with van der Waals surface area (Å²) in [6, 6.07) is 23.9. The van der Waals surface area contributed by atoms with Crippen molar-refractivity contribution in [2.45, 2.75) is 61.2 Å². The van der Waals surface area contributed by atoms with Crippen molar-refractivity contribution >= 4 is 33.2 Å². The number of hydrogen-bond donors (Lipinski definition) is 3. The van der Waals surface area contributed by atoms with Gasteiger partial charge in [-0.05, 0) is 85.5 Å². The van der Waals surface area contributed by atoms with Gasteiger partial charge in [-0.15, -0.1) is 0 Å². The molecular formula is C32H38Cl2N4O3S. The minimum absolute atomic E-state index is 0.125. The molecule has 42 heavy (non-hydrogen) atoms. The first-order valence-electron chi connectivity index (χ1n) is 14.7. The van der Waals surface area contributed by atoms with Gasteiger partial charge in [0.15, 0.2) is 0 Å². The van der Waals surface area contributed by atoms with Gasteiger partial charge in [0.2, 0.25) is 10.0 Å². The molecule has 2 aliphatic heterocycles. The predicted octanol–water partition coefficient (Wildman–Crippen LogP) is 5.80. The Morgan fingerprint density at radius 3 is 2.14 bits per heavy atom. The molecule has 2 heterocycles. The summed E-state index contributed by atoms with van der Waals surface area (Å²) in [5.41, 5.74) is 9.64. The number of hydrogen-bond acceptors (Lipinski definition) is 6. The van der Waals surface area contributed by atoms with E-state index in [0.29, 0.717) is 36.7 Å². The van der Waals surface area contributed by atoms with Gasteiger partial charge < -0.3 is 4.74 Å². The summed E-state index contributed by atoms with van der Waals surface area (Å²) in [5.74, 6) is 1.69. The Kier molecular flexibility index (Phi) is 9.12. The van der Waals surface area contributed by atoms with Gasteiger partial charge in [0.05, 0.1) is 18.2 Å². The topological polar surface area (TPSA) is 82.7 Å². The Morgan fingerprint density at radius 1 is 0.881 bits per heavy atom. The fraction of sp³-hybridized carbons (Fsp3) is 0.438. The molecule has 0 amide bonds. The Hall–Kier alpha value is -2.17. The SMILES string of the molecule is COc1cccc(S(=O)(=O)N2CCC(NC3NNC4CCC(C(c5ccc(Cl)cc5)c5ccc(Cl)cc5)CC43)CC2)c1. The summed E-state index contributed by atoms with van der Waals surface area (Å²) in [6.07, 6.45) is 4.94. The van der Waals surface area contributed by atoms with Crippen molar-refractivity contribution in [1.82, 2.24) is 20.5 Å². The van der Waals surface area contributed by atoms with E-state index in [0.717, 1.165) is 42.1 Å². The van der Waals surface area contributed by atoms with Gasteiger partial charge in [-0.3, -0.25) is 10.7 Å². The Bertz CT molecular complexity index is 1420. The molecule has 0 spiro atoms. The van der Waals surface area contributed by atoms with Gasteiger partial charge >= 0.3 is 0 Å². The van der Waals surface area contributed by atoms with E-state index in [1.165, 1.54) is 11.1 Å². The van der Waals surface area contributed by atoms with Gasteiger partial charge in [-0.25, -0.2) is 13.8 Å². The highest BCUT2D eigenvalue weighted by Gasteiger charge is 2.43. The number of ether oxygens (including phenoxy) is 1. The highest BCUT2D eigenvalue weighted by atomic mass is 35.5. The maximum Gasteiger partial charge on any atom is 0.243 e. The van der Waals surface area contributed by atoms with Gasteiger partial charge in [-0.2, -0.15) is 4.31 Å². The Morgan fingerprint density at radius 2 is 1.52 bits per heavy atom. The first kappa shape index (κ1) is 29.9. The molecule has 3 aliphatic rings. The number of benzene rings is 3. The number of hydrazine groups is 1. The Balaban J connectivity index is 1.12. The van der Waals surface area contributed by atoms with Gasteiger partial charge in [0.25, 0.3) is 0 Å². The summed E-state index contributed by atoms with van der Waals surface area (Å²) in [5, 5.41) is 5.34. The molecule has 3 N–H and O–H groups in total. The standard InChI is InChI=1S/C32H38Cl2N4O3S/c1-41-27-3-2-4-28(20-27)42(39,40)38-17-15-26(16-18-38)35-32-29-19-23(9-14-30(29)36-37-32)31(21-5-10-24(33)11-6-21)22-7-12-25(34)13-8-22/h2-8,10-13,20,23,26,29-32,35-37H,9,14-19H2,1H3. The monoisotopic (exact) mass is 628 g/mol. The van der Waals surface area contributed by atoms with E-state index in [4.69, 9.17) is 27.9 Å². The summed E-state index contributed by atoms with van der Waals surface area (Å²) in [4.78, 5) is 0.280. The average molecular weight is 630 g/mol. The van der Waals surface area contributed by atoms with Gasteiger partial charge in [-0.1, -0.05) is 53.5 Å². The molecule has 4 unspecified atom stereocenters. The lowest BCUT2D eigenvalue weighted by atomic mass is 9.68. The van der Waals surface area contributed by atoms with E-state index in [1.54, 1.807) is 35.7 Å². The van der Waals surface area contributed by atoms with E-state index in [2.05, 4.69) is 40.4 Å². The second-order valence-corrected chi connectivity index (χ2v) is 14.5. The summed E-state index contributed by atoms with van der Waals surface area (Å²) < 4.78 is 33.4. The molecule has 10 heteroatoms. The molecule has 224 valence electrons. The zero-order chi connectivity index (χ0) is 29.3. The maximum absolute atomic E-state index is 13.3. The molecule has 2 saturated heterocycles. The van der Waals surface area contributed by atoms with Crippen molar-refractivity contribution in [3.8, 4) is 5.75 Å². The fourth-order valence-corrected chi connectivity index (χ4v) is 8.82. The van der Waals surface area contributed by atoms with Crippen LogP contribution < -0.4 is 20.9 Å². The smallest absolute Gasteiger partial charge is 0.243 e. The van der Waals surface area contributed by atoms with E-state index in [-0.39, 0.29) is 23.0 Å². The van der Waals surface area contributed by atoms with Gasteiger partial charge in [0.1, 0.15) is 5.75 Å². The van der Waals surface area contributed by atoms with Crippen molar-refractivity contribution in [3.63, 3.8) is 0 Å². The molecule has 1 saturated carbocycles. The van der Waals surface area contributed by atoms with Crippen molar-refractivity contribution in [2.24, 2.45) is 11.8 Å². The zero-order valence-corrected chi connectivity index (χ0v) is 26.0. The van der Waals surface area contributed by atoms with Crippen LogP contribution in [0.1, 0.15) is 49.1 Å². The predicted molar refractivity (Wildman–Crippen MR) is 167 cm³/mol. The quantitative estimate of drug-likeness (QED) is 0.293. The third kappa shape index (κ3) is 6.36. The molecule has 4 atom stereocenters. The molecule has 0 bridgehead atoms. The number of nitrogens with one attached hydrogen (secondary N) is 3. The van der Waals surface area contributed by atoms with Crippen LogP contribution in [0.2, 0.25) is 10.0 Å². The molecule has 3 aromatic carbocycles. The Labute approximate surface area is 258 Å².